The molecule has 0 heterocycles. The molecule has 0 aliphatic heterocycles. The van der Waals surface area contributed by atoms with Crippen LogP contribution in [0.3, 0.4) is 0 Å². The summed E-state index contributed by atoms with van der Waals surface area (Å²) in [5.41, 5.74) is 1.03. The van der Waals surface area contributed by atoms with Gasteiger partial charge in [-0.3, -0.25) is 0 Å². The molecule has 2 aromatic rings. The lowest BCUT2D eigenvalue weighted by Crippen LogP contribution is -1.95. The van der Waals surface area contributed by atoms with Crippen LogP contribution in [0.1, 0.15) is 5.56 Å². The Labute approximate surface area is 111 Å². The van der Waals surface area contributed by atoms with Gasteiger partial charge in [0.05, 0.1) is 21.8 Å². The van der Waals surface area contributed by atoms with Gasteiger partial charge in [0.1, 0.15) is 11.6 Å². The van der Waals surface area contributed by atoms with Crippen LogP contribution in [-0.2, 0) is 0 Å². The van der Waals surface area contributed by atoms with E-state index in [1.54, 1.807) is 0 Å². The number of nitrogens with zero attached hydrogens (tertiary/aromatic N) is 1. The number of anilines is 2. The zero-order valence-electron chi connectivity index (χ0n) is 9.05. The van der Waals surface area contributed by atoms with Gasteiger partial charge in [0.15, 0.2) is 0 Å². The quantitative estimate of drug-likeness (QED) is 0.895. The van der Waals surface area contributed by atoms with E-state index in [-0.39, 0.29) is 17.1 Å². The molecule has 0 bridgehead atoms. The Balaban J connectivity index is 2.29. The molecule has 1 N–H and O–H groups in total. The zero-order chi connectivity index (χ0) is 13.1. The maximum atomic E-state index is 13.6. The zero-order valence-corrected chi connectivity index (χ0v) is 10.6. The standard InChI is InChI=1S/C13H7BrF2N2/c14-10-6-9(2-3-11(10)15)18-13-4-1-8(7-17)5-12(13)16/h1-6,18H. The van der Waals surface area contributed by atoms with Gasteiger partial charge in [-0.25, -0.2) is 8.78 Å². The molecule has 0 unspecified atom stereocenters. The van der Waals surface area contributed by atoms with E-state index in [1.807, 2.05) is 6.07 Å². The average Bonchev–Trinajstić information content (AvgIpc) is 2.36. The van der Waals surface area contributed by atoms with Gasteiger partial charge in [-0.2, -0.15) is 5.26 Å². The fourth-order valence-corrected chi connectivity index (χ4v) is 1.79. The monoisotopic (exact) mass is 308 g/mol. The van der Waals surface area contributed by atoms with E-state index in [0.29, 0.717) is 10.2 Å². The minimum absolute atomic E-state index is 0.229. The van der Waals surface area contributed by atoms with E-state index < -0.39 is 5.82 Å². The first kappa shape index (κ1) is 12.5. The van der Waals surface area contributed by atoms with Crippen molar-refractivity contribution in [3.63, 3.8) is 0 Å². The number of hydrogen-bond donors (Lipinski definition) is 1. The second kappa shape index (κ2) is 5.15. The van der Waals surface area contributed by atoms with Crippen molar-refractivity contribution in [2.24, 2.45) is 0 Å². The minimum Gasteiger partial charge on any atom is -0.353 e. The lowest BCUT2D eigenvalue weighted by atomic mass is 10.2. The fourth-order valence-electron chi connectivity index (χ4n) is 1.42. The third-order valence-corrected chi connectivity index (χ3v) is 2.90. The number of hydrogen-bond acceptors (Lipinski definition) is 2. The summed E-state index contributed by atoms with van der Waals surface area (Å²) in [4.78, 5) is 0. The summed E-state index contributed by atoms with van der Waals surface area (Å²) in [6, 6.07) is 10.2. The predicted molar refractivity (Wildman–Crippen MR) is 68.5 cm³/mol. The summed E-state index contributed by atoms with van der Waals surface area (Å²) in [6.45, 7) is 0. The summed E-state index contributed by atoms with van der Waals surface area (Å²) in [5.74, 6) is -0.921. The van der Waals surface area contributed by atoms with Crippen LogP contribution in [0, 0.1) is 23.0 Å². The van der Waals surface area contributed by atoms with Gasteiger partial charge in [-0.05, 0) is 52.3 Å². The van der Waals surface area contributed by atoms with Crippen LogP contribution in [0.5, 0.6) is 0 Å². The SMILES string of the molecule is N#Cc1ccc(Nc2ccc(F)c(Br)c2)c(F)c1. The minimum atomic E-state index is -0.533. The van der Waals surface area contributed by atoms with Gasteiger partial charge in [0.25, 0.3) is 0 Å². The van der Waals surface area contributed by atoms with Gasteiger partial charge < -0.3 is 5.32 Å². The molecule has 0 atom stereocenters. The molecule has 0 aliphatic carbocycles. The smallest absolute Gasteiger partial charge is 0.147 e. The molecular formula is C13H7BrF2N2. The van der Waals surface area contributed by atoms with Crippen molar-refractivity contribution in [2.45, 2.75) is 0 Å². The third kappa shape index (κ3) is 2.66. The third-order valence-electron chi connectivity index (χ3n) is 2.30. The van der Waals surface area contributed by atoms with Crippen molar-refractivity contribution in [3.8, 4) is 6.07 Å². The van der Waals surface area contributed by atoms with Crippen molar-refractivity contribution in [2.75, 3.05) is 5.32 Å². The van der Waals surface area contributed by atoms with Crippen LogP contribution >= 0.6 is 15.9 Å². The largest absolute Gasteiger partial charge is 0.353 e. The second-order valence-corrected chi connectivity index (χ2v) is 4.41. The van der Waals surface area contributed by atoms with Gasteiger partial charge in [0, 0.05) is 5.69 Å². The predicted octanol–water partition coefficient (Wildman–Crippen LogP) is 4.34. The van der Waals surface area contributed by atoms with Gasteiger partial charge in [-0.15, -0.1) is 0 Å². The van der Waals surface area contributed by atoms with Gasteiger partial charge >= 0.3 is 0 Å². The van der Waals surface area contributed by atoms with Crippen molar-refractivity contribution in [1.29, 1.82) is 5.26 Å². The molecule has 0 saturated heterocycles. The molecular weight excluding hydrogens is 302 g/mol. The number of benzene rings is 2. The van der Waals surface area contributed by atoms with Crippen molar-refractivity contribution in [1.82, 2.24) is 0 Å². The molecule has 0 aromatic heterocycles. The van der Waals surface area contributed by atoms with E-state index in [9.17, 15) is 8.78 Å². The Hall–Kier alpha value is -1.93. The average molecular weight is 309 g/mol. The van der Waals surface area contributed by atoms with E-state index in [4.69, 9.17) is 5.26 Å². The number of nitrogens with one attached hydrogen (secondary N) is 1. The Morgan fingerprint density at radius 1 is 1.06 bits per heavy atom. The molecule has 18 heavy (non-hydrogen) atoms. The lowest BCUT2D eigenvalue weighted by molar-refractivity contribution is 0.621. The number of halogens is 3. The molecule has 0 aliphatic rings. The first-order valence-electron chi connectivity index (χ1n) is 5.02. The fraction of sp³-hybridized carbons (Fsp3) is 0. The number of rotatable bonds is 2. The molecule has 0 amide bonds. The Kier molecular flexibility index (Phi) is 3.58. The molecule has 0 fully saturated rings. The second-order valence-electron chi connectivity index (χ2n) is 3.56. The highest BCUT2D eigenvalue weighted by Crippen LogP contribution is 2.24. The number of nitriles is 1. The van der Waals surface area contributed by atoms with Crippen LogP contribution in [0.15, 0.2) is 40.9 Å². The van der Waals surface area contributed by atoms with Crippen molar-refractivity contribution in [3.05, 3.63) is 58.1 Å². The van der Waals surface area contributed by atoms with Gasteiger partial charge in [0.2, 0.25) is 0 Å². The molecule has 90 valence electrons. The molecule has 2 rings (SSSR count). The van der Waals surface area contributed by atoms with E-state index >= 15 is 0 Å². The summed E-state index contributed by atoms with van der Waals surface area (Å²) in [5, 5.41) is 11.4. The first-order valence-corrected chi connectivity index (χ1v) is 5.81. The van der Waals surface area contributed by atoms with Crippen LogP contribution in [0.4, 0.5) is 20.2 Å². The van der Waals surface area contributed by atoms with Crippen LogP contribution in [0.2, 0.25) is 0 Å². The maximum Gasteiger partial charge on any atom is 0.147 e. The van der Waals surface area contributed by atoms with E-state index in [0.717, 1.165) is 6.07 Å². The van der Waals surface area contributed by atoms with Crippen LogP contribution in [0.25, 0.3) is 0 Å². The highest BCUT2D eigenvalue weighted by molar-refractivity contribution is 9.10. The maximum absolute atomic E-state index is 13.6. The van der Waals surface area contributed by atoms with E-state index in [1.165, 1.54) is 30.3 Å². The molecule has 0 radical (unpaired) electrons. The summed E-state index contributed by atoms with van der Waals surface area (Å²) >= 11 is 3.05. The lowest BCUT2D eigenvalue weighted by Gasteiger charge is -2.08. The summed E-state index contributed by atoms with van der Waals surface area (Å²) in [7, 11) is 0. The Morgan fingerprint density at radius 3 is 2.44 bits per heavy atom. The Morgan fingerprint density at radius 2 is 1.83 bits per heavy atom. The Bertz CT molecular complexity index is 635. The summed E-state index contributed by atoms with van der Waals surface area (Å²) in [6.07, 6.45) is 0. The highest BCUT2D eigenvalue weighted by Gasteiger charge is 2.05. The molecule has 5 heteroatoms. The van der Waals surface area contributed by atoms with Crippen LogP contribution in [-0.4, -0.2) is 0 Å². The molecule has 2 aromatic carbocycles. The normalized spacial score (nSPS) is 9.89. The molecule has 0 spiro atoms. The highest BCUT2D eigenvalue weighted by atomic mass is 79.9. The van der Waals surface area contributed by atoms with Crippen molar-refractivity contribution >= 4 is 27.3 Å². The van der Waals surface area contributed by atoms with Crippen molar-refractivity contribution < 1.29 is 8.78 Å². The van der Waals surface area contributed by atoms with Crippen LogP contribution < -0.4 is 5.32 Å². The summed E-state index contributed by atoms with van der Waals surface area (Å²) < 4.78 is 26.9. The first-order chi connectivity index (χ1) is 8.60. The molecule has 0 saturated carbocycles. The van der Waals surface area contributed by atoms with Gasteiger partial charge in [-0.1, -0.05) is 0 Å². The molecule has 2 nitrogen and oxygen atoms in total. The topological polar surface area (TPSA) is 35.8 Å². The van der Waals surface area contributed by atoms with E-state index in [2.05, 4.69) is 21.2 Å².